The Bertz CT molecular complexity index is 365. The molecule has 0 aromatic carbocycles. The van der Waals surface area contributed by atoms with Gasteiger partial charge in [-0.15, -0.1) is 0 Å². The van der Waals surface area contributed by atoms with Crippen molar-refractivity contribution in [2.45, 2.75) is 18.0 Å². The third-order valence-corrected chi connectivity index (χ3v) is 4.17. The zero-order valence-corrected chi connectivity index (χ0v) is 10.4. The summed E-state index contributed by atoms with van der Waals surface area (Å²) in [7, 11) is -1.11. The summed E-state index contributed by atoms with van der Waals surface area (Å²) in [5.74, 6) is 1.10. The van der Waals surface area contributed by atoms with E-state index in [-0.39, 0.29) is 0 Å². The summed E-state index contributed by atoms with van der Waals surface area (Å²) < 4.78 is 11.9. The summed E-state index contributed by atoms with van der Waals surface area (Å²) in [5.41, 5.74) is 0. The molecule has 1 aromatic rings. The highest BCUT2D eigenvalue weighted by Gasteiger charge is 2.18. The zero-order chi connectivity index (χ0) is 11.4. The topological polar surface area (TPSA) is 54.9 Å². The SMILES string of the molecule is O=[S@](C[C@@H]1CCCNC1)c1ncc(Cl)cn1. The molecule has 0 amide bonds. The van der Waals surface area contributed by atoms with Crippen molar-refractivity contribution >= 4 is 22.4 Å². The predicted molar refractivity (Wildman–Crippen MR) is 63.9 cm³/mol. The van der Waals surface area contributed by atoms with Crippen LogP contribution in [0, 0.1) is 5.92 Å². The molecule has 4 nitrogen and oxygen atoms in total. The molecule has 1 aliphatic heterocycles. The van der Waals surface area contributed by atoms with Crippen LogP contribution in [0.3, 0.4) is 0 Å². The van der Waals surface area contributed by atoms with Crippen molar-refractivity contribution in [1.82, 2.24) is 15.3 Å². The summed E-state index contributed by atoms with van der Waals surface area (Å²) >= 11 is 5.67. The van der Waals surface area contributed by atoms with E-state index in [4.69, 9.17) is 11.6 Å². The summed E-state index contributed by atoms with van der Waals surface area (Å²) in [5, 5.41) is 4.16. The van der Waals surface area contributed by atoms with Crippen LogP contribution in [0.15, 0.2) is 17.6 Å². The van der Waals surface area contributed by atoms with Crippen LogP contribution < -0.4 is 5.32 Å². The molecule has 6 heteroatoms. The molecule has 2 atom stereocenters. The molecule has 0 spiro atoms. The van der Waals surface area contributed by atoms with Crippen LogP contribution in [0.5, 0.6) is 0 Å². The number of hydrogen-bond acceptors (Lipinski definition) is 4. The summed E-state index contributed by atoms with van der Waals surface area (Å²) in [6.45, 7) is 2.01. The zero-order valence-electron chi connectivity index (χ0n) is 8.86. The van der Waals surface area contributed by atoms with Gasteiger partial charge in [-0.1, -0.05) is 11.6 Å². The minimum Gasteiger partial charge on any atom is -0.316 e. The van der Waals surface area contributed by atoms with Crippen LogP contribution in [0.4, 0.5) is 0 Å². The van der Waals surface area contributed by atoms with Crippen LogP contribution >= 0.6 is 11.6 Å². The van der Waals surface area contributed by atoms with Gasteiger partial charge in [-0.3, -0.25) is 4.21 Å². The molecule has 1 N–H and O–H groups in total. The van der Waals surface area contributed by atoms with E-state index in [2.05, 4.69) is 15.3 Å². The van der Waals surface area contributed by atoms with E-state index in [9.17, 15) is 4.21 Å². The predicted octanol–water partition coefficient (Wildman–Crippen LogP) is 1.24. The molecule has 0 saturated carbocycles. The van der Waals surface area contributed by atoms with Gasteiger partial charge in [0, 0.05) is 5.75 Å². The van der Waals surface area contributed by atoms with Crippen LogP contribution in [0.25, 0.3) is 0 Å². The first kappa shape index (κ1) is 12.0. The molecule has 88 valence electrons. The number of hydrogen-bond donors (Lipinski definition) is 1. The largest absolute Gasteiger partial charge is 0.316 e. The lowest BCUT2D eigenvalue weighted by Gasteiger charge is -2.21. The average Bonchev–Trinajstić information content (AvgIpc) is 2.31. The maximum Gasteiger partial charge on any atom is 0.218 e. The smallest absolute Gasteiger partial charge is 0.218 e. The normalized spacial score (nSPS) is 22.9. The van der Waals surface area contributed by atoms with E-state index in [1.54, 1.807) is 0 Å². The van der Waals surface area contributed by atoms with E-state index in [1.807, 2.05) is 0 Å². The fraction of sp³-hybridized carbons (Fsp3) is 0.600. The van der Waals surface area contributed by atoms with E-state index in [0.29, 0.717) is 21.8 Å². The van der Waals surface area contributed by atoms with E-state index in [1.165, 1.54) is 12.4 Å². The molecular formula is C10H14ClN3OS. The van der Waals surface area contributed by atoms with Crippen LogP contribution in [0.1, 0.15) is 12.8 Å². The second-order valence-electron chi connectivity index (χ2n) is 3.91. The molecule has 0 aliphatic carbocycles. The Labute approximate surface area is 102 Å². The third kappa shape index (κ3) is 3.23. The summed E-state index contributed by atoms with van der Waals surface area (Å²) in [4.78, 5) is 7.96. The van der Waals surface area contributed by atoms with Crippen LogP contribution in [-0.4, -0.2) is 33.0 Å². The van der Waals surface area contributed by atoms with E-state index >= 15 is 0 Å². The van der Waals surface area contributed by atoms with Gasteiger partial charge in [0.1, 0.15) is 0 Å². The molecule has 1 fully saturated rings. The van der Waals surface area contributed by atoms with Gasteiger partial charge in [0.15, 0.2) is 0 Å². The summed E-state index contributed by atoms with van der Waals surface area (Å²) in [6.07, 6.45) is 5.26. The molecule has 1 aliphatic rings. The van der Waals surface area contributed by atoms with Gasteiger partial charge in [-0.05, 0) is 31.8 Å². The van der Waals surface area contributed by atoms with Crippen LogP contribution in [0.2, 0.25) is 5.02 Å². The summed E-state index contributed by atoms with van der Waals surface area (Å²) in [6, 6.07) is 0. The lowest BCUT2D eigenvalue weighted by atomic mass is 10.0. The molecule has 0 bridgehead atoms. The van der Waals surface area contributed by atoms with Crippen molar-refractivity contribution in [2.24, 2.45) is 5.92 Å². The van der Waals surface area contributed by atoms with Crippen molar-refractivity contribution in [3.8, 4) is 0 Å². The van der Waals surface area contributed by atoms with Gasteiger partial charge < -0.3 is 5.32 Å². The minimum absolute atomic E-state index is 0.384. The van der Waals surface area contributed by atoms with Gasteiger partial charge in [0.25, 0.3) is 0 Å². The van der Waals surface area contributed by atoms with E-state index < -0.39 is 10.8 Å². The number of nitrogens with one attached hydrogen (secondary N) is 1. The standard InChI is InChI=1S/C10H14ClN3OS/c11-9-5-13-10(14-6-9)16(15)7-8-2-1-3-12-4-8/h5-6,8,12H,1-4,7H2/t8-,16-/m1/s1. The fourth-order valence-corrected chi connectivity index (χ4v) is 3.07. The third-order valence-electron chi connectivity index (χ3n) is 2.59. The molecular weight excluding hydrogens is 246 g/mol. The Kier molecular flexibility index (Phi) is 4.26. The first-order chi connectivity index (χ1) is 7.75. The molecule has 0 unspecified atom stereocenters. The van der Waals surface area contributed by atoms with Crippen LogP contribution in [-0.2, 0) is 10.8 Å². The number of halogens is 1. The average molecular weight is 260 g/mol. The second-order valence-corrected chi connectivity index (χ2v) is 5.73. The number of aromatic nitrogens is 2. The van der Waals surface area contributed by atoms with Crippen molar-refractivity contribution in [2.75, 3.05) is 18.8 Å². The van der Waals surface area contributed by atoms with Gasteiger partial charge in [-0.2, -0.15) is 0 Å². The van der Waals surface area contributed by atoms with E-state index in [0.717, 1.165) is 25.9 Å². The molecule has 2 heterocycles. The molecule has 1 saturated heterocycles. The first-order valence-corrected chi connectivity index (χ1v) is 7.02. The number of nitrogens with zero attached hydrogens (tertiary/aromatic N) is 2. The maximum absolute atomic E-state index is 11.9. The molecule has 2 rings (SSSR count). The van der Waals surface area contributed by atoms with Crippen molar-refractivity contribution in [1.29, 1.82) is 0 Å². The Morgan fingerprint density at radius 2 is 2.25 bits per heavy atom. The van der Waals surface area contributed by atoms with Gasteiger partial charge in [-0.25, -0.2) is 9.97 Å². The minimum atomic E-state index is -1.11. The highest BCUT2D eigenvalue weighted by Crippen LogP contribution is 2.14. The lowest BCUT2D eigenvalue weighted by molar-refractivity contribution is 0.407. The highest BCUT2D eigenvalue weighted by molar-refractivity contribution is 7.84. The maximum atomic E-state index is 11.9. The van der Waals surface area contributed by atoms with Crippen molar-refractivity contribution in [3.63, 3.8) is 0 Å². The van der Waals surface area contributed by atoms with Gasteiger partial charge in [0.05, 0.1) is 28.2 Å². The number of rotatable bonds is 3. The Balaban J connectivity index is 1.94. The highest BCUT2D eigenvalue weighted by atomic mass is 35.5. The molecule has 0 radical (unpaired) electrons. The van der Waals surface area contributed by atoms with Crippen molar-refractivity contribution < 1.29 is 4.21 Å². The fourth-order valence-electron chi connectivity index (χ4n) is 1.77. The number of piperidine rings is 1. The quantitative estimate of drug-likeness (QED) is 0.830. The van der Waals surface area contributed by atoms with Gasteiger partial charge in [0.2, 0.25) is 5.16 Å². The second kappa shape index (κ2) is 5.70. The van der Waals surface area contributed by atoms with Crippen molar-refractivity contribution in [3.05, 3.63) is 17.4 Å². The molecule has 16 heavy (non-hydrogen) atoms. The molecule has 1 aromatic heterocycles. The lowest BCUT2D eigenvalue weighted by Crippen LogP contribution is -2.32. The monoisotopic (exact) mass is 259 g/mol. The Morgan fingerprint density at radius 3 is 2.88 bits per heavy atom. The Hall–Kier alpha value is -0.520. The Morgan fingerprint density at radius 1 is 1.50 bits per heavy atom. The van der Waals surface area contributed by atoms with Gasteiger partial charge >= 0.3 is 0 Å². The first-order valence-electron chi connectivity index (χ1n) is 5.32.